The average Bonchev–Trinajstić information content (AvgIpc) is 2.93. The summed E-state index contributed by atoms with van der Waals surface area (Å²) in [5.74, 6) is 1.49. The third-order valence-corrected chi connectivity index (χ3v) is 2.88. The van der Waals surface area contributed by atoms with Gasteiger partial charge in [0.05, 0.1) is 25.0 Å². The first-order chi connectivity index (χ1) is 10.3. The van der Waals surface area contributed by atoms with Crippen LogP contribution < -0.4 is 15.4 Å². The predicted octanol–water partition coefficient (Wildman–Crippen LogP) is 0.559. The monoisotopic (exact) mass is 288 g/mol. The zero-order chi connectivity index (χ0) is 14.9. The van der Waals surface area contributed by atoms with Gasteiger partial charge in [0.15, 0.2) is 5.96 Å². The summed E-state index contributed by atoms with van der Waals surface area (Å²) in [7, 11) is 3.65. The van der Waals surface area contributed by atoms with Crippen molar-refractivity contribution in [2.45, 2.75) is 6.54 Å². The van der Waals surface area contributed by atoms with Gasteiger partial charge in [0.1, 0.15) is 12.4 Å². The minimum absolute atomic E-state index is 0.540. The van der Waals surface area contributed by atoms with Gasteiger partial charge in [0, 0.05) is 26.5 Å². The van der Waals surface area contributed by atoms with Gasteiger partial charge in [-0.1, -0.05) is 0 Å². The molecule has 2 aromatic rings. The lowest BCUT2D eigenvalue weighted by Crippen LogP contribution is -2.39. The second kappa shape index (κ2) is 7.88. The molecule has 0 aromatic carbocycles. The van der Waals surface area contributed by atoms with Crippen LogP contribution in [0.1, 0.15) is 5.69 Å². The maximum atomic E-state index is 5.55. The van der Waals surface area contributed by atoms with Crippen molar-refractivity contribution in [3.8, 4) is 5.75 Å². The molecule has 0 fully saturated rings. The largest absolute Gasteiger partial charge is 0.490 e. The molecule has 112 valence electrons. The summed E-state index contributed by atoms with van der Waals surface area (Å²) in [6.07, 6.45) is 5.18. The molecule has 0 bridgehead atoms. The molecule has 0 aliphatic rings. The van der Waals surface area contributed by atoms with Gasteiger partial charge in [0.2, 0.25) is 0 Å². The molecule has 0 aliphatic heterocycles. The van der Waals surface area contributed by atoms with Gasteiger partial charge in [-0.2, -0.15) is 5.10 Å². The van der Waals surface area contributed by atoms with Crippen molar-refractivity contribution in [2.75, 3.05) is 20.2 Å². The van der Waals surface area contributed by atoms with Crippen LogP contribution in [0.2, 0.25) is 0 Å². The van der Waals surface area contributed by atoms with E-state index in [1.54, 1.807) is 25.6 Å². The van der Waals surface area contributed by atoms with E-state index in [2.05, 4.69) is 25.7 Å². The summed E-state index contributed by atoms with van der Waals surface area (Å²) in [6, 6.07) is 5.69. The number of nitrogens with zero attached hydrogens (tertiary/aromatic N) is 4. The van der Waals surface area contributed by atoms with Crippen molar-refractivity contribution in [1.82, 2.24) is 25.4 Å². The van der Waals surface area contributed by atoms with Gasteiger partial charge < -0.3 is 15.4 Å². The molecule has 0 amide bonds. The minimum atomic E-state index is 0.540. The number of hydrogen-bond acceptors (Lipinski definition) is 4. The summed E-state index contributed by atoms with van der Waals surface area (Å²) in [5.41, 5.74) is 1.09. The van der Waals surface area contributed by atoms with Gasteiger partial charge in [-0.15, -0.1) is 0 Å². The quantitative estimate of drug-likeness (QED) is 0.461. The molecule has 7 heteroatoms. The van der Waals surface area contributed by atoms with Crippen LogP contribution in [0, 0.1) is 0 Å². The van der Waals surface area contributed by atoms with Crippen molar-refractivity contribution in [3.63, 3.8) is 0 Å². The normalized spacial score (nSPS) is 11.2. The van der Waals surface area contributed by atoms with Crippen LogP contribution in [0.15, 0.2) is 41.8 Å². The number of aromatic nitrogens is 3. The first-order valence-corrected chi connectivity index (χ1v) is 6.74. The average molecular weight is 288 g/mol. The Bertz CT molecular complexity index is 566. The lowest BCUT2D eigenvalue weighted by atomic mass is 10.4. The second-order valence-corrected chi connectivity index (χ2v) is 4.34. The van der Waals surface area contributed by atoms with Crippen LogP contribution in [0.25, 0.3) is 0 Å². The van der Waals surface area contributed by atoms with E-state index in [9.17, 15) is 0 Å². The number of ether oxygens (including phenoxy) is 1. The summed E-state index contributed by atoms with van der Waals surface area (Å²) in [4.78, 5) is 8.15. The fourth-order valence-electron chi connectivity index (χ4n) is 1.74. The Morgan fingerprint density at radius 1 is 1.33 bits per heavy atom. The van der Waals surface area contributed by atoms with Crippen molar-refractivity contribution in [2.24, 2.45) is 12.0 Å². The summed E-state index contributed by atoms with van der Waals surface area (Å²) in [6.45, 7) is 1.86. The Balaban J connectivity index is 1.67. The van der Waals surface area contributed by atoms with Crippen LogP contribution in [0.4, 0.5) is 0 Å². The Labute approximate surface area is 124 Å². The lowest BCUT2D eigenvalue weighted by Gasteiger charge is -2.12. The molecule has 2 aromatic heterocycles. The molecular formula is C14H20N6O. The van der Waals surface area contributed by atoms with E-state index in [-0.39, 0.29) is 0 Å². The molecule has 0 radical (unpaired) electrons. The van der Waals surface area contributed by atoms with E-state index in [1.807, 2.05) is 29.9 Å². The number of rotatable bonds is 6. The second-order valence-electron chi connectivity index (χ2n) is 4.34. The molecule has 0 saturated carbocycles. The Hall–Kier alpha value is -2.57. The van der Waals surface area contributed by atoms with Crippen LogP contribution in [0.3, 0.4) is 0 Å². The summed E-state index contributed by atoms with van der Waals surface area (Å²) >= 11 is 0. The summed E-state index contributed by atoms with van der Waals surface area (Å²) in [5, 5.41) is 10.5. The molecule has 0 saturated heterocycles. The van der Waals surface area contributed by atoms with Gasteiger partial charge in [-0.05, 0) is 18.2 Å². The fraction of sp³-hybridized carbons (Fsp3) is 0.357. The highest BCUT2D eigenvalue weighted by molar-refractivity contribution is 5.79. The number of aliphatic imine (C=N–C) groups is 1. The predicted molar refractivity (Wildman–Crippen MR) is 81.1 cm³/mol. The Morgan fingerprint density at radius 2 is 2.24 bits per heavy atom. The van der Waals surface area contributed by atoms with Gasteiger partial charge >= 0.3 is 0 Å². The molecular weight excluding hydrogens is 268 g/mol. The van der Waals surface area contributed by atoms with E-state index in [4.69, 9.17) is 4.74 Å². The maximum Gasteiger partial charge on any atom is 0.191 e. The number of nitrogens with one attached hydrogen (secondary N) is 2. The van der Waals surface area contributed by atoms with Crippen molar-refractivity contribution in [3.05, 3.63) is 42.5 Å². The maximum absolute atomic E-state index is 5.55. The topological polar surface area (TPSA) is 76.4 Å². The van der Waals surface area contributed by atoms with E-state index in [0.29, 0.717) is 19.7 Å². The molecule has 0 spiro atoms. The molecule has 7 nitrogen and oxygen atoms in total. The highest BCUT2D eigenvalue weighted by atomic mass is 16.5. The Morgan fingerprint density at radius 3 is 2.90 bits per heavy atom. The van der Waals surface area contributed by atoms with Gasteiger partial charge in [-0.3, -0.25) is 14.7 Å². The van der Waals surface area contributed by atoms with E-state index in [0.717, 1.165) is 17.4 Å². The minimum Gasteiger partial charge on any atom is -0.490 e. The molecule has 2 rings (SSSR count). The zero-order valence-corrected chi connectivity index (χ0v) is 12.3. The number of aryl methyl sites for hydroxylation is 1. The molecule has 2 N–H and O–H groups in total. The first-order valence-electron chi connectivity index (χ1n) is 6.74. The van der Waals surface area contributed by atoms with Crippen LogP contribution in [0.5, 0.6) is 5.75 Å². The molecule has 2 heterocycles. The van der Waals surface area contributed by atoms with E-state index in [1.165, 1.54) is 0 Å². The third kappa shape index (κ3) is 4.79. The highest BCUT2D eigenvalue weighted by Crippen LogP contribution is 2.04. The van der Waals surface area contributed by atoms with E-state index >= 15 is 0 Å². The number of guanidine groups is 1. The smallest absolute Gasteiger partial charge is 0.191 e. The lowest BCUT2D eigenvalue weighted by molar-refractivity contribution is 0.320. The van der Waals surface area contributed by atoms with Gasteiger partial charge in [-0.25, -0.2) is 0 Å². The molecule has 21 heavy (non-hydrogen) atoms. The van der Waals surface area contributed by atoms with E-state index < -0.39 is 0 Å². The highest BCUT2D eigenvalue weighted by Gasteiger charge is 2.01. The zero-order valence-electron chi connectivity index (χ0n) is 12.3. The molecule has 0 atom stereocenters. The third-order valence-electron chi connectivity index (χ3n) is 2.88. The molecule has 0 unspecified atom stereocenters. The number of hydrogen-bond donors (Lipinski definition) is 2. The Kier molecular flexibility index (Phi) is 5.57. The van der Waals surface area contributed by atoms with Crippen LogP contribution >= 0.6 is 0 Å². The fourth-order valence-corrected chi connectivity index (χ4v) is 1.74. The first kappa shape index (κ1) is 14.8. The van der Waals surface area contributed by atoms with Gasteiger partial charge in [0.25, 0.3) is 0 Å². The van der Waals surface area contributed by atoms with Crippen LogP contribution in [-0.2, 0) is 13.6 Å². The molecule has 0 aliphatic carbocycles. The van der Waals surface area contributed by atoms with Crippen molar-refractivity contribution >= 4 is 5.96 Å². The van der Waals surface area contributed by atoms with Crippen LogP contribution in [-0.4, -0.2) is 40.9 Å². The van der Waals surface area contributed by atoms with Crippen molar-refractivity contribution < 1.29 is 4.74 Å². The number of pyridine rings is 1. The standard InChI is InChI=1S/C14H20N6O/c1-15-14(18-10-12-5-7-19-20(12)2)17-8-9-21-13-4-3-6-16-11-13/h3-7,11H,8-10H2,1-2H3,(H2,15,17,18). The SMILES string of the molecule is CN=C(NCCOc1cccnc1)NCc1ccnn1C. The van der Waals surface area contributed by atoms with Crippen molar-refractivity contribution in [1.29, 1.82) is 0 Å². The summed E-state index contributed by atoms with van der Waals surface area (Å²) < 4.78 is 7.37.